The van der Waals surface area contributed by atoms with Crippen molar-refractivity contribution in [3.05, 3.63) is 51.2 Å². The second kappa shape index (κ2) is 6.09. The molecular weight excluding hydrogens is 272 g/mol. The number of aryl methyl sites for hydroxylation is 1. The topological polar surface area (TPSA) is 46.5 Å². The number of benzene rings is 1. The highest BCUT2D eigenvalue weighted by molar-refractivity contribution is 7.13. The third-order valence-electron chi connectivity index (χ3n) is 2.99. The van der Waals surface area contributed by atoms with Crippen LogP contribution in [-0.2, 0) is 6.61 Å². The number of rotatable bonds is 5. The molecule has 0 saturated heterocycles. The van der Waals surface area contributed by atoms with Gasteiger partial charge in [0.15, 0.2) is 0 Å². The zero-order valence-electron chi connectivity index (χ0n) is 11.8. The number of aromatic carboxylic acids is 1. The molecule has 0 aliphatic heterocycles. The number of ether oxygens (including phenoxy) is 1. The molecule has 0 radical (unpaired) electrons. The van der Waals surface area contributed by atoms with Gasteiger partial charge in [-0.25, -0.2) is 4.79 Å². The van der Waals surface area contributed by atoms with Crippen molar-refractivity contribution in [2.75, 3.05) is 0 Å². The minimum absolute atomic E-state index is 0.343. The summed E-state index contributed by atoms with van der Waals surface area (Å²) in [4.78, 5) is 12.1. The Morgan fingerprint density at radius 3 is 2.65 bits per heavy atom. The van der Waals surface area contributed by atoms with Gasteiger partial charge in [-0.3, -0.25) is 0 Å². The average Bonchev–Trinajstić information content (AvgIpc) is 2.84. The molecule has 1 N–H and O–H groups in total. The van der Waals surface area contributed by atoms with Crippen LogP contribution in [0.5, 0.6) is 5.75 Å². The van der Waals surface area contributed by atoms with Crippen LogP contribution in [0.3, 0.4) is 0 Å². The van der Waals surface area contributed by atoms with E-state index in [9.17, 15) is 4.79 Å². The van der Waals surface area contributed by atoms with Gasteiger partial charge in [0.05, 0.1) is 0 Å². The largest absolute Gasteiger partial charge is 0.488 e. The number of hydrogen-bond donors (Lipinski definition) is 1. The molecule has 1 aromatic carbocycles. The second-order valence-corrected chi connectivity index (χ2v) is 6.26. The Labute approximate surface area is 122 Å². The Balaban J connectivity index is 2.08. The van der Waals surface area contributed by atoms with Crippen LogP contribution >= 0.6 is 11.3 Å². The van der Waals surface area contributed by atoms with Gasteiger partial charge in [-0.2, -0.15) is 0 Å². The van der Waals surface area contributed by atoms with E-state index < -0.39 is 5.97 Å². The standard InChI is InChI=1S/C16H18O3S/c1-10(2)12-6-11(3)7-13(8-12)19-9-14-4-5-15(20-14)16(17)18/h4-8,10H,9H2,1-3H3,(H,17,18). The van der Waals surface area contributed by atoms with E-state index >= 15 is 0 Å². The zero-order valence-corrected chi connectivity index (χ0v) is 12.7. The number of hydrogen-bond acceptors (Lipinski definition) is 3. The Hall–Kier alpha value is -1.81. The predicted molar refractivity (Wildman–Crippen MR) is 80.9 cm³/mol. The third kappa shape index (κ3) is 3.61. The monoisotopic (exact) mass is 290 g/mol. The lowest BCUT2D eigenvalue weighted by atomic mass is 10.0. The summed E-state index contributed by atoms with van der Waals surface area (Å²) < 4.78 is 5.77. The average molecular weight is 290 g/mol. The molecule has 4 heteroatoms. The van der Waals surface area contributed by atoms with Crippen molar-refractivity contribution in [2.45, 2.75) is 33.3 Å². The molecule has 0 aliphatic carbocycles. The van der Waals surface area contributed by atoms with Gasteiger partial charge in [-0.1, -0.05) is 19.9 Å². The van der Waals surface area contributed by atoms with E-state index in [0.717, 1.165) is 10.6 Å². The molecule has 0 aliphatic rings. The van der Waals surface area contributed by atoms with Crippen molar-refractivity contribution in [1.82, 2.24) is 0 Å². The molecule has 0 saturated carbocycles. The van der Waals surface area contributed by atoms with E-state index in [4.69, 9.17) is 9.84 Å². The first-order chi connectivity index (χ1) is 9.45. The normalized spacial score (nSPS) is 10.8. The van der Waals surface area contributed by atoms with E-state index in [-0.39, 0.29) is 0 Å². The van der Waals surface area contributed by atoms with Gasteiger partial charge < -0.3 is 9.84 Å². The summed E-state index contributed by atoms with van der Waals surface area (Å²) >= 11 is 1.25. The summed E-state index contributed by atoms with van der Waals surface area (Å²) in [7, 11) is 0. The molecule has 0 spiro atoms. The summed E-state index contributed by atoms with van der Waals surface area (Å²) in [6.07, 6.45) is 0. The minimum atomic E-state index is -0.890. The molecule has 3 nitrogen and oxygen atoms in total. The van der Waals surface area contributed by atoms with Crippen LogP contribution < -0.4 is 4.74 Å². The van der Waals surface area contributed by atoms with Crippen LogP contribution in [0.1, 0.15) is 45.4 Å². The Bertz CT molecular complexity index is 614. The summed E-state index contributed by atoms with van der Waals surface area (Å²) in [6, 6.07) is 9.61. The van der Waals surface area contributed by atoms with Crippen molar-refractivity contribution in [1.29, 1.82) is 0 Å². The van der Waals surface area contributed by atoms with E-state index in [1.165, 1.54) is 22.5 Å². The lowest BCUT2D eigenvalue weighted by molar-refractivity contribution is 0.0702. The number of thiophene rings is 1. The van der Waals surface area contributed by atoms with Crippen LogP contribution in [-0.4, -0.2) is 11.1 Å². The molecular formula is C16H18O3S. The van der Waals surface area contributed by atoms with Gasteiger partial charge in [-0.15, -0.1) is 11.3 Å². The maximum Gasteiger partial charge on any atom is 0.345 e. The number of carbonyl (C=O) groups is 1. The van der Waals surface area contributed by atoms with E-state index in [1.807, 2.05) is 19.1 Å². The summed E-state index contributed by atoms with van der Waals surface area (Å²) in [6.45, 7) is 6.75. The highest BCUT2D eigenvalue weighted by atomic mass is 32.1. The lowest BCUT2D eigenvalue weighted by Gasteiger charge is -2.11. The fourth-order valence-corrected chi connectivity index (χ4v) is 2.68. The molecule has 1 heterocycles. The molecule has 0 bridgehead atoms. The maximum absolute atomic E-state index is 10.8. The molecule has 20 heavy (non-hydrogen) atoms. The van der Waals surface area contributed by atoms with E-state index in [2.05, 4.69) is 19.9 Å². The minimum Gasteiger partial charge on any atom is -0.488 e. The van der Waals surface area contributed by atoms with Crippen LogP contribution in [0.4, 0.5) is 0 Å². The van der Waals surface area contributed by atoms with Crippen LogP contribution in [0.25, 0.3) is 0 Å². The van der Waals surface area contributed by atoms with Gasteiger partial charge >= 0.3 is 5.97 Å². The summed E-state index contributed by atoms with van der Waals surface area (Å²) in [5, 5.41) is 8.89. The number of carboxylic acids is 1. The molecule has 0 atom stereocenters. The fraction of sp³-hybridized carbons (Fsp3) is 0.312. The van der Waals surface area contributed by atoms with Gasteiger partial charge in [0.2, 0.25) is 0 Å². The van der Waals surface area contributed by atoms with Crippen LogP contribution in [0, 0.1) is 6.92 Å². The Morgan fingerprint density at radius 2 is 2.05 bits per heavy atom. The predicted octanol–water partition coefficient (Wildman–Crippen LogP) is 4.46. The van der Waals surface area contributed by atoms with Crippen molar-refractivity contribution in [3.8, 4) is 5.75 Å². The third-order valence-corrected chi connectivity index (χ3v) is 4.04. The quantitative estimate of drug-likeness (QED) is 0.884. The molecule has 106 valence electrons. The first kappa shape index (κ1) is 14.6. The molecule has 0 fully saturated rings. The van der Waals surface area contributed by atoms with E-state index in [1.54, 1.807) is 12.1 Å². The second-order valence-electron chi connectivity index (χ2n) is 5.09. The SMILES string of the molecule is Cc1cc(OCc2ccc(C(=O)O)s2)cc(C(C)C)c1. The zero-order chi connectivity index (χ0) is 14.7. The fourth-order valence-electron chi connectivity index (χ4n) is 1.92. The van der Waals surface area contributed by atoms with Crippen LogP contribution in [0.2, 0.25) is 0 Å². The smallest absolute Gasteiger partial charge is 0.345 e. The molecule has 2 rings (SSSR count). The number of carboxylic acid groups (broad SMARTS) is 1. The van der Waals surface area contributed by atoms with Crippen molar-refractivity contribution >= 4 is 17.3 Å². The Kier molecular flexibility index (Phi) is 4.45. The summed E-state index contributed by atoms with van der Waals surface area (Å²) in [5.74, 6) is 0.399. The summed E-state index contributed by atoms with van der Waals surface area (Å²) in [5.41, 5.74) is 2.42. The van der Waals surface area contributed by atoms with Gasteiger partial charge in [0, 0.05) is 4.88 Å². The Morgan fingerprint density at radius 1 is 1.30 bits per heavy atom. The molecule has 1 aromatic heterocycles. The first-order valence-electron chi connectivity index (χ1n) is 6.52. The molecule has 0 unspecified atom stereocenters. The van der Waals surface area contributed by atoms with Gasteiger partial charge in [0.1, 0.15) is 17.2 Å². The molecule has 0 amide bonds. The highest BCUT2D eigenvalue weighted by Gasteiger charge is 2.08. The maximum atomic E-state index is 10.8. The van der Waals surface area contributed by atoms with Crippen molar-refractivity contribution in [2.24, 2.45) is 0 Å². The van der Waals surface area contributed by atoms with Gasteiger partial charge in [-0.05, 0) is 48.2 Å². The van der Waals surface area contributed by atoms with Crippen molar-refractivity contribution < 1.29 is 14.6 Å². The van der Waals surface area contributed by atoms with Crippen molar-refractivity contribution in [3.63, 3.8) is 0 Å². The van der Waals surface area contributed by atoms with E-state index in [0.29, 0.717) is 17.4 Å². The highest BCUT2D eigenvalue weighted by Crippen LogP contribution is 2.24. The lowest BCUT2D eigenvalue weighted by Crippen LogP contribution is -1.96. The molecule has 2 aromatic rings. The van der Waals surface area contributed by atoms with Gasteiger partial charge in [0.25, 0.3) is 0 Å². The first-order valence-corrected chi connectivity index (χ1v) is 7.33. The van der Waals surface area contributed by atoms with Crippen LogP contribution in [0.15, 0.2) is 30.3 Å².